The number of phenols is 1. The first kappa shape index (κ1) is 10.4. The van der Waals surface area contributed by atoms with Crippen molar-refractivity contribution in [1.82, 2.24) is 14.9 Å². The largest absolute Gasteiger partial charge is 0.508 e. The maximum absolute atomic E-state index is 9.30. The lowest BCUT2D eigenvalue weighted by molar-refractivity contribution is 0.475. The molecular weight excluding hydrogens is 214 g/mol. The standard InChI is InChI=1S/C13H15N3O/c1-16-12-8-14-7-6-11(12)15-13(16)9-2-4-10(17)5-3-9/h2-5,14,17H,6-8H2,1H3. The van der Waals surface area contributed by atoms with Gasteiger partial charge in [-0.05, 0) is 24.3 Å². The number of imidazole rings is 1. The minimum atomic E-state index is 0.286. The van der Waals surface area contributed by atoms with Gasteiger partial charge < -0.3 is 15.0 Å². The summed E-state index contributed by atoms with van der Waals surface area (Å²) >= 11 is 0. The Morgan fingerprint density at radius 3 is 2.76 bits per heavy atom. The SMILES string of the molecule is Cn1c(-c2ccc(O)cc2)nc2c1CNCC2. The van der Waals surface area contributed by atoms with Crippen molar-refractivity contribution in [1.29, 1.82) is 0 Å². The number of aromatic hydroxyl groups is 1. The summed E-state index contributed by atoms with van der Waals surface area (Å²) in [5.41, 5.74) is 3.49. The second-order valence-electron chi connectivity index (χ2n) is 4.36. The number of rotatable bonds is 1. The summed E-state index contributed by atoms with van der Waals surface area (Å²) in [5.74, 6) is 1.26. The molecule has 3 rings (SSSR count). The van der Waals surface area contributed by atoms with E-state index in [0.29, 0.717) is 0 Å². The summed E-state index contributed by atoms with van der Waals surface area (Å²) in [6, 6.07) is 7.19. The Balaban J connectivity index is 2.09. The highest BCUT2D eigenvalue weighted by atomic mass is 16.3. The maximum atomic E-state index is 9.30. The lowest BCUT2D eigenvalue weighted by Crippen LogP contribution is -2.24. The average molecular weight is 229 g/mol. The van der Waals surface area contributed by atoms with E-state index in [0.717, 1.165) is 30.9 Å². The van der Waals surface area contributed by atoms with Gasteiger partial charge in [0.05, 0.1) is 11.4 Å². The Hall–Kier alpha value is -1.81. The summed E-state index contributed by atoms with van der Waals surface area (Å²) < 4.78 is 2.13. The molecule has 2 heterocycles. The first-order valence-corrected chi connectivity index (χ1v) is 5.80. The molecule has 0 saturated heterocycles. The van der Waals surface area contributed by atoms with E-state index in [1.165, 1.54) is 11.4 Å². The smallest absolute Gasteiger partial charge is 0.140 e. The van der Waals surface area contributed by atoms with Gasteiger partial charge in [0, 0.05) is 32.1 Å². The molecule has 0 unspecified atom stereocenters. The summed E-state index contributed by atoms with van der Waals surface area (Å²) in [6.07, 6.45) is 0.987. The van der Waals surface area contributed by atoms with Gasteiger partial charge in [-0.25, -0.2) is 4.98 Å². The minimum absolute atomic E-state index is 0.286. The number of fused-ring (bicyclic) bond motifs is 1. The Morgan fingerprint density at radius 2 is 2.06 bits per heavy atom. The van der Waals surface area contributed by atoms with E-state index in [2.05, 4.69) is 9.88 Å². The molecule has 0 atom stereocenters. The highest BCUT2D eigenvalue weighted by Gasteiger charge is 2.18. The van der Waals surface area contributed by atoms with Crippen LogP contribution in [-0.4, -0.2) is 21.2 Å². The number of phenolic OH excluding ortho intramolecular Hbond substituents is 1. The molecule has 0 spiro atoms. The Kier molecular flexibility index (Phi) is 2.37. The molecule has 0 saturated carbocycles. The summed E-state index contributed by atoms with van der Waals surface area (Å²) in [5, 5.41) is 12.7. The van der Waals surface area contributed by atoms with E-state index in [1.807, 2.05) is 19.2 Å². The molecule has 1 aliphatic heterocycles. The Labute approximate surface area is 99.9 Å². The fraction of sp³-hybridized carbons (Fsp3) is 0.308. The van der Waals surface area contributed by atoms with Crippen LogP contribution in [0, 0.1) is 0 Å². The van der Waals surface area contributed by atoms with Crippen molar-refractivity contribution < 1.29 is 5.11 Å². The predicted octanol–water partition coefficient (Wildman–Crippen LogP) is 1.44. The first-order valence-electron chi connectivity index (χ1n) is 5.80. The number of hydrogen-bond acceptors (Lipinski definition) is 3. The van der Waals surface area contributed by atoms with Gasteiger partial charge in [0.1, 0.15) is 11.6 Å². The topological polar surface area (TPSA) is 50.1 Å². The minimum Gasteiger partial charge on any atom is -0.508 e. The summed E-state index contributed by atoms with van der Waals surface area (Å²) in [7, 11) is 2.04. The lowest BCUT2D eigenvalue weighted by atomic mass is 10.2. The second-order valence-corrected chi connectivity index (χ2v) is 4.36. The van der Waals surface area contributed by atoms with Crippen LogP contribution in [0.2, 0.25) is 0 Å². The van der Waals surface area contributed by atoms with Gasteiger partial charge in [0.25, 0.3) is 0 Å². The monoisotopic (exact) mass is 229 g/mol. The Bertz CT molecular complexity index is 543. The zero-order valence-electron chi connectivity index (χ0n) is 9.77. The van der Waals surface area contributed by atoms with Crippen LogP contribution < -0.4 is 5.32 Å². The van der Waals surface area contributed by atoms with E-state index >= 15 is 0 Å². The van der Waals surface area contributed by atoms with Gasteiger partial charge in [-0.3, -0.25) is 0 Å². The van der Waals surface area contributed by atoms with Crippen LogP contribution >= 0.6 is 0 Å². The van der Waals surface area contributed by atoms with E-state index in [1.54, 1.807) is 12.1 Å². The van der Waals surface area contributed by atoms with E-state index in [4.69, 9.17) is 4.98 Å². The van der Waals surface area contributed by atoms with E-state index in [-0.39, 0.29) is 5.75 Å². The number of benzene rings is 1. The molecule has 1 aromatic heterocycles. The number of aromatic nitrogens is 2. The average Bonchev–Trinajstić information content (AvgIpc) is 2.69. The summed E-state index contributed by atoms with van der Waals surface area (Å²) in [4.78, 5) is 4.69. The third-order valence-electron chi connectivity index (χ3n) is 3.25. The molecule has 1 aromatic carbocycles. The zero-order chi connectivity index (χ0) is 11.8. The number of hydrogen-bond donors (Lipinski definition) is 2. The van der Waals surface area contributed by atoms with Crippen LogP contribution in [0.4, 0.5) is 0 Å². The molecule has 0 radical (unpaired) electrons. The van der Waals surface area contributed by atoms with Gasteiger partial charge in [-0.1, -0.05) is 0 Å². The zero-order valence-corrected chi connectivity index (χ0v) is 9.77. The lowest BCUT2D eigenvalue weighted by Gasteiger charge is -2.13. The number of nitrogens with one attached hydrogen (secondary N) is 1. The van der Waals surface area contributed by atoms with Crippen molar-refractivity contribution in [3.63, 3.8) is 0 Å². The molecule has 4 heteroatoms. The fourth-order valence-corrected chi connectivity index (χ4v) is 2.29. The van der Waals surface area contributed by atoms with Crippen molar-refractivity contribution in [2.24, 2.45) is 7.05 Å². The molecule has 0 bridgehead atoms. The van der Waals surface area contributed by atoms with Crippen molar-refractivity contribution in [3.05, 3.63) is 35.7 Å². The molecule has 17 heavy (non-hydrogen) atoms. The molecule has 88 valence electrons. The van der Waals surface area contributed by atoms with Crippen molar-refractivity contribution in [2.75, 3.05) is 6.54 Å². The van der Waals surface area contributed by atoms with Crippen molar-refractivity contribution >= 4 is 0 Å². The van der Waals surface area contributed by atoms with Gasteiger partial charge in [0.15, 0.2) is 0 Å². The summed E-state index contributed by atoms with van der Waals surface area (Å²) in [6.45, 7) is 1.88. The fourth-order valence-electron chi connectivity index (χ4n) is 2.29. The van der Waals surface area contributed by atoms with Crippen LogP contribution in [-0.2, 0) is 20.0 Å². The molecule has 4 nitrogen and oxygen atoms in total. The Morgan fingerprint density at radius 1 is 1.29 bits per heavy atom. The third kappa shape index (κ3) is 1.70. The van der Waals surface area contributed by atoms with Crippen LogP contribution in [0.5, 0.6) is 5.75 Å². The highest BCUT2D eigenvalue weighted by molar-refractivity contribution is 5.58. The van der Waals surface area contributed by atoms with Gasteiger partial charge in [-0.15, -0.1) is 0 Å². The van der Waals surface area contributed by atoms with Gasteiger partial charge in [0.2, 0.25) is 0 Å². The molecule has 0 amide bonds. The van der Waals surface area contributed by atoms with E-state index in [9.17, 15) is 5.11 Å². The molecule has 2 aromatic rings. The van der Waals surface area contributed by atoms with Crippen molar-refractivity contribution in [2.45, 2.75) is 13.0 Å². The molecular formula is C13H15N3O. The molecule has 2 N–H and O–H groups in total. The normalized spacial score (nSPS) is 14.6. The van der Waals surface area contributed by atoms with Crippen molar-refractivity contribution in [3.8, 4) is 17.1 Å². The number of nitrogens with zero attached hydrogens (tertiary/aromatic N) is 2. The molecule has 0 aliphatic carbocycles. The van der Waals surface area contributed by atoms with Gasteiger partial charge in [-0.2, -0.15) is 0 Å². The highest BCUT2D eigenvalue weighted by Crippen LogP contribution is 2.24. The maximum Gasteiger partial charge on any atom is 0.140 e. The molecule has 1 aliphatic rings. The predicted molar refractivity (Wildman–Crippen MR) is 65.7 cm³/mol. The molecule has 0 fully saturated rings. The first-order chi connectivity index (χ1) is 8.25. The van der Waals surface area contributed by atoms with Crippen LogP contribution in [0.3, 0.4) is 0 Å². The van der Waals surface area contributed by atoms with Gasteiger partial charge >= 0.3 is 0 Å². The second kappa shape index (κ2) is 3.89. The van der Waals surface area contributed by atoms with Crippen LogP contribution in [0.15, 0.2) is 24.3 Å². The van der Waals surface area contributed by atoms with Crippen LogP contribution in [0.25, 0.3) is 11.4 Å². The van der Waals surface area contributed by atoms with E-state index < -0.39 is 0 Å². The quantitative estimate of drug-likeness (QED) is 0.778. The third-order valence-corrected chi connectivity index (χ3v) is 3.25. The van der Waals surface area contributed by atoms with Crippen LogP contribution in [0.1, 0.15) is 11.4 Å².